The smallest absolute Gasteiger partial charge is 0.495 e. The molecule has 2 aromatic carbocycles. The Labute approximate surface area is 169 Å². The number of amides is 1. The van der Waals surface area contributed by atoms with Crippen molar-refractivity contribution in [3.05, 3.63) is 54.4 Å². The second kappa shape index (κ2) is 7.69. The number of halogens is 3. The molecular formula is C20H16F3N3O4. The van der Waals surface area contributed by atoms with Crippen molar-refractivity contribution < 1.29 is 32.0 Å². The number of ether oxygens (including phenoxy) is 2. The lowest BCUT2D eigenvalue weighted by molar-refractivity contribution is -0.274. The van der Waals surface area contributed by atoms with Gasteiger partial charge in [0, 0.05) is 18.5 Å². The number of benzene rings is 2. The second-order valence-corrected chi connectivity index (χ2v) is 6.61. The molecule has 1 amide bonds. The van der Waals surface area contributed by atoms with E-state index < -0.39 is 6.36 Å². The maximum Gasteiger partial charge on any atom is 0.573 e. The number of methoxy groups -OCH3 is 1. The van der Waals surface area contributed by atoms with Crippen LogP contribution < -0.4 is 14.4 Å². The standard InChI is InChI=1S/C20H16F3N3O4/c1-28-16-5-3-2-4-15(16)26-11-13(10-17(26)27)19-24-18(25-30-19)12-6-8-14(9-7-12)29-20(21,22)23/h2-9,13H,10-11H2,1H3. The van der Waals surface area contributed by atoms with Crippen LogP contribution in [0.4, 0.5) is 18.9 Å². The number of rotatable bonds is 5. The topological polar surface area (TPSA) is 77.7 Å². The van der Waals surface area contributed by atoms with Crippen LogP contribution in [0.5, 0.6) is 11.5 Å². The Balaban J connectivity index is 1.50. The van der Waals surface area contributed by atoms with Gasteiger partial charge < -0.3 is 18.9 Å². The summed E-state index contributed by atoms with van der Waals surface area (Å²) in [4.78, 5) is 18.5. The summed E-state index contributed by atoms with van der Waals surface area (Å²) in [6.45, 7) is 0.346. The van der Waals surface area contributed by atoms with Crippen LogP contribution in [0, 0.1) is 0 Å². The predicted molar refractivity (Wildman–Crippen MR) is 99.1 cm³/mol. The number of nitrogens with zero attached hydrogens (tertiary/aromatic N) is 3. The second-order valence-electron chi connectivity index (χ2n) is 6.61. The zero-order valence-electron chi connectivity index (χ0n) is 15.7. The molecule has 1 aliphatic rings. The maximum atomic E-state index is 12.5. The summed E-state index contributed by atoms with van der Waals surface area (Å²) in [5.74, 6) is 0.329. The van der Waals surface area contributed by atoms with Crippen LogP contribution in [0.2, 0.25) is 0 Å². The molecule has 0 N–H and O–H groups in total. The molecule has 1 saturated heterocycles. The third kappa shape index (κ3) is 4.07. The van der Waals surface area contributed by atoms with Gasteiger partial charge in [0.2, 0.25) is 17.6 Å². The van der Waals surface area contributed by atoms with Crippen molar-refractivity contribution in [2.75, 3.05) is 18.6 Å². The highest BCUT2D eigenvalue weighted by Gasteiger charge is 2.36. The summed E-state index contributed by atoms with van der Waals surface area (Å²) in [6, 6.07) is 12.3. The maximum absolute atomic E-state index is 12.5. The third-order valence-electron chi connectivity index (χ3n) is 4.64. The van der Waals surface area contributed by atoms with Gasteiger partial charge in [-0.3, -0.25) is 4.79 Å². The number of anilines is 1. The van der Waals surface area contributed by atoms with E-state index in [1.165, 1.54) is 31.4 Å². The average Bonchev–Trinajstić information content (AvgIpc) is 3.34. The van der Waals surface area contributed by atoms with Gasteiger partial charge in [0.05, 0.1) is 18.7 Å². The first-order valence-corrected chi connectivity index (χ1v) is 8.97. The van der Waals surface area contributed by atoms with Gasteiger partial charge in [0.25, 0.3) is 0 Å². The molecule has 1 fully saturated rings. The number of carbonyl (C=O) groups excluding carboxylic acids is 1. The minimum absolute atomic E-state index is 0.0992. The minimum Gasteiger partial charge on any atom is -0.495 e. The molecule has 4 rings (SSSR count). The van der Waals surface area contributed by atoms with E-state index in [0.717, 1.165) is 0 Å². The Hall–Kier alpha value is -3.56. The first-order chi connectivity index (χ1) is 14.3. The molecule has 1 aliphatic heterocycles. The molecule has 0 aliphatic carbocycles. The Kier molecular flexibility index (Phi) is 5.06. The number of alkyl halides is 3. The lowest BCUT2D eigenvalue weighted by Crippen LogP contribution is -2.24. The molecule has 0 saturated carbocycles. The van der Waals surface area contributed by atoms with Crippen LogP contribution in [0.25, 0.3) is 11.4 Å². The van der Waals surface area contributed by atoms with Crippen LogP contribution in [-0.4, -0.2) is 36.1 Å². The largest absolute Gasteiger partial charge is 0.573 e. The fraction of sp³-hybridized carbons (Fsp3) is 0.250. The van der Waals surface area contributed by atoms with Gasteiger partial charge in [-0.05, 0) is 36.4 Å². The number of hydrogen-bond acceptors (Lipinski definition) is 6. The van der Waals surface area contributed by atoms with Crippen molar-refractivity contribution in [3.63, 3.8) is 0 Å². The first-order valence-electron chi connectivity index (χ1n) is 8.97. The molecule has 2 heterocycles. The van der Waals surface area contributed by atoms with E-state index in [2.05, 4.69) is 14.9 Å². The zero-order valence-corrected chi connectivity index (χ0v) is 15.7. The highest BCUT2D eigenvalue weighted by molar-refractivity contribution is 5.97. The molecular weight excluding hydrogens is 403 g/mol. The summed E-state index contributed by atoms with van der Waals surface area (Å²) < 4.78 is 51.3. The molecule has 30 heavy (non-hydrogen) atoms. The van der Waals surface area contributed by atoms with Crippen molar-refractivity contribution in [3.8, 4) is 22.9 Å². The van der Waals surface area contributed by atoms with Gasteiger partial charge >= 0.3 is 6.36 Å². The molecule has 156 valence electrons. The van der Waals surface area contributed by atoms with E-state index in [9.17, 15) is 18.0 Å². The molecule has 0 radical (unpaired) electrons. The van der Waals surface area contributed by atoms with E-state index in [1.807, 2.05) is 12.1 Å². The van der Waals surface area contributed by atoms with Crippen LogP contribution in [-0.2, 0) is 4.79 Å². The molecule has 0 bridgehead atoms. The summed E-state index contributed by atoms with van der Waals surface area (Å²) >= 11 is 0. The number of hydrogen-bond donors (Lipinski definition) is 0. The fourth-order valence-corrected chi connectivity index (χ4v) is 3.28. The van der Waals surface area contributed by atoms with E-state index in [0.29, 0.717) is 23.5 Å². The monoisotopic (exact) mass is 419 g/mol. The number of aromatic nitrogens is 2. The number of carbonyl (C=O) groups is 1. The van der Waals surface area contributed by atoms with Gasteiger partial charge in [-0.15, -0.1) is 13.2 Å². The molecule has 1 aromatic heterocycles. The van der Waals surface area contributed by atoms with Gasteiger partial charge in [0.1, 0.15) is 11.5 Å². The number of para-hydroxylation sites is 2. The zero-order chi connectivity index (χ0) is 21.3. The van der Waals surface area contributed by atoms with Crippen molar-refractivity contribution in [2.24, 2.45) is 0 Å². The van der Waals surface area contributed by atoms with E-state index in [1.54, 1.807) is 17.0 Å². The van der Waals surface area contributed by atoms with Gasteiger partial charge in [0.15, 0.2) is 0 Å². The first kappa shape index (κ1) is 19.7. The van der Waals surface area contributed by atoms with Gasteiger partial charge in [-0.2, -0.15) is 4.98 Å². The highest BCUT2D eigenvalue weighted by Crippen LogP contribution is 2.36. The Morgan fingerprint density at radius 3 is 2.57 bits per heavy atom. The van der Waals surface area contributed by atoms with E-state index >= 15 is 0 Å². The minimum atomic E-state index is -4.76. The van der Waals surface area contributed by atoms with Crippen LogP contribution >= 0.6 is 0 Å². The normalized spacial score (nSPS) is 16.7. The summed E-state index contributed by atoms with van der Waals surface area (Å²) in [5, 5.41) is 3.89. The van der Waals surface area contributed by atoms with Crippen LogP contribution in [0.1, 0.15) is 18.2 Å². The van der Waals surface area contributed by atoms with Gasteiger partial charge in [-0.1, -0.05) is 17.3 Å². The van der Waals surface area contributed by atoms with Crippen LogP contribution in [0.15, 0.2) is 53.1 Å². The van der Waals surface area contributed by atoms with Gasteiger partial charge in [-0.25, -0.2) is 0 Å². The molecule has 1 atom stereocenters. The Morgan fingerprint density at radius 2 is 1.87 bits per heavy atom. The van der Waals surface area contributed by atoms with Crippen LogP contribution in [0.3, 0.4) is 0 Å². The van der Waals surface area contributed by atoms with Crippen molar-refractivity contribution in [1.29, 1.82) is 0 Å². The lowest BCUT2D eigenvalue weighted by Gasteiger charge is -2.18. The summed E-state index contributed by atoms with van der Waals surface area (Å²) in [6.07, 6.45) is -4.57. The Bertz CT molecular complexity index is 1050. The average molecular weight is 419 g/mol. The molecule has 0 spiro atoms. The predicted octanol–water partition coefficient (Wildman–Crippen LogP) is 4.16. The Morgan fingerprint density at radius 1 is 1.13 bits per heavy atom. The van der Waals surface area contributed by atoms with Crippen molar-refractivity contribution in [2.45, 2.75) is 18.7 Å². The third-order valence-corrected chi connectivity index (χ3v) is 4.64. The lowest BCUT2D eigenvalue weighted by atomic mass is 10.1. The quantitative estimate of drug-likeness (QED) is 0.618. The summed E-state index contributed by atoms with van der Waals surface area (Å²) in [7, 11) is 1.53. The molecule has 3 aromatic rings. The fourth-order valence-electron chi connectivity index (χ4n) is 3.28. The highest BCUT2D eigenvalue weighted by atomic mass is 19.4. The SMILES string of the molecule is COc1ccccc1N1CC(c2nc(-c3ccc(OC(F)(F)F)cc3)no2)CC1=O. The molecule has 7 nitrogen and oxygen atoms in total. The molecule has 1 unspecified atom stereocenters. The van der Waals surface area contributed by atoms with Crippen molar-refractivity contribution in [1.82, 2.24) is 10.1 Å². The van der Waals surface area contributed by atoms with E-state index in [-0.39, 0.29) is 35.7 Å². The molecule has 10 heteroatoms. The van der Waals surface area contributed by atoms with E-state index in [4.69, 9.17) is 9.26 Å². The summed E-state index contributed by atoms with van der Waals surface area (Å²) in [5.41, 5.74) is 1.12. The van der Waals surface area contributed by atoms with Crippen molar-refractivity contribution >= 4 is 11.6 Å².